The van der Waals surface area contributed by atoms with Gasteiger partial charge in [-0.1, -0.05) is 18.5 Å². The highest BCUT2D eigenvalue weighted by atomic mass is 35.5. The summed E-state index contributed by atoms with van der Waals surface area (Å²) in [5.41, 5.74) is 4.41. The molecule has 2 heterocycles. The molecule has 100 valence electrons. The number of halogens is 1. The van der Waals surface area contributed by atoms with E-state index in [1.165, 1.54) is 17.3 Å². The van der Waals surface area contributed by atoms with Gasteiger partial charge in [0.15, 0.2) is 5.78 Å². The van der Waals surface area contributed by atoms with Gasteiger partial charge in [-0.2, -0.15) is 0 Å². The molecule has 0 radical (unpaired) electrons. The van der Waals surface area contributed by atoms with Crippen LogP contribution < -0.4 is 10.2 Å². The molecule has 0 fully saturated rings. The second-order valence-corrected chi connectivity index (χ2v) is 5.78. The minimum Gasteiger partial charge on any atom is -0.377 e. The molecule has 4 heteroatoms. The first-order valence-corrected chi connectivity index (χ1v) is 6.92. The SMILES string of the molecule is CC1c2c(ccc3c2C(Cl)=CC(=O)CN3)N(C)C1C. The molecule has 2 aliphatic rings. The first-order valence-electron chi connectivity index (χ1n) is 6.54. The lowest BCUT2D eigenvalue weighted by atomic mass is 9.92. The largest absolute Gasteiger partial charge is 0.377 e. The molecule has 0 spiro atoms. The van der Waals surface area contributed by atoms with E-state index in [4.69, 9.17) is 11.6 Å². The van der Waals surface area contributed by atoms with Gasteiger partial charge in [0.1, 0.15) is 0 Å². The fourth-order valence-electron chi connectivity index (χ4n) is 3.02. The summed E-state index contributed by atoms with van der Waals surface area (Å²) in [6.45, 7) is 4.73. The maximum Gasteiger partial charge on any atom is 0.176 e. The van der Waals surface area contributed by atoms with E-state index < -0.39 is 0 Å². The molecule has 1 aromatic carbocycles. The topological polar surface area (TPSA) is 32.3 Å². The number of hydrogen-bond donors (Lipinski definition) is 1. The van der Waals surface area contributed by atoms with Crippen molar-refractivity contribution in [2.45, 2.75) is 25.8 Å². The van der Waals surface area contributed by atoms with E-state index >= 15 is 0 Å². The lowest BCUT2D eigenvalue weighted by Gasteiger charge is -2.20. The van der Waals surface area contributed by atoms with Crippen LogP contribution in [0.3, 0.4) is 0 Å². The molecule has 0 saturated carbocycles. The van der Waals surface area contributed by atoms with Crippen LogP contribution in [-0.2, 0) is 4.79 Å². The Balaban J connectivity index is 2.26. The fraction of sp³-hybridized carbons (Fsp3) is 0.400. The van der Waals surface area contributed by atoms with E-state index in [9.17, 15) is 4.79 Å². The quantitative estimate of drug-likeness (QED) is 0.790. The molecule has 19 heavy (non-hydrogen) atoms. The minimum atomic E-state index is 0.0157. The second-order valence-electron chi connectivity index (χ2n) is 5.37. The van der Waals surface area contributed by atoms with Gasteiger partial charge >= 0.3 is 0 Å². The third-order valence-corrected chi connectivity index (χ3v) is 4.67. The number of fused-ring (bicyclic) bond motifs is 3. The zero-order valence-corrected chi connectivity index (χ0v) is 12.1. The molecule has 2 atom stereocenters. The Kier molecular flexibility index (Phi) is 2.82. The van der Waals surface area contributed by atoms with Crippen LogP contribution in [-0.4, -0.2) is 25.4 Å². The van der Waals surface area contributed by atoms with Gasteiger partial charge in [-0.25, -0.2) is 0 Å². The van der Waals surface area contributed by atoms with Gasteiger partial charge in [-0.05, 0) is 24.6 Å². The van der Waals surface area contributed by atoms with Crippen molar-refractivity contribution in [2.75, 3.05) is 23.8 Å². The first-order chi connectivity index (χ1) is 9.00. The zero-order chi connectivity index (χ0) is 13.7. The highest BCUT2D eigenvalue weighted by Crippen LogP contribution is 2.47. The third kappa shape index (κ3) is 1.76. The Bertz CT molecular complexity index is 594. The molecule has 3 nitrogen and oxygen atoms in total. The smallest absolute Gasteiger partial charge is 0.176 e. The van der Waals surface area contributed by atoms with Crippen molar-refractivity contribution in [1.29, 1.82) is 0 Å². The molecule has 1 aromatic rings. The van der Waals surface area contributed by atoms with Gasteiger partial charge in [0.05, 0.1) is 11.6 Å². The van der Waals surface area contributed by atoms with Crippen LogP contribution in [0.25, 0.3) is 5.03 Å². The molecule has 3 rings (SSSR count). The molecule has 0 saturated heterocycles. The van der Waals surface area contributed by atoms with Gasteiger partial charge in [-0.15, -0.1) is 0 Å². The van der Waals surface area contributed by atoms with Crippen LogP contribution in [0.4, 0.5) is 11.4 Å². The Labute approximate surface area is 118 Å². The van der Waals surface area contributed by atoms with E-state index in [-0.39, 0.29) is 5.78 Å². The van der Waals surface area contributed by atoms with E-state index in [1.807, 2.05) is 6.07 Å². The van der Waals surface area contributed by atoms with Gasteiger partial charge < -0.3 is 10.2 Å². The monoisotopic (exact) mass is 276 g/mol. The summed E-state index contributed by atoms with van der Waals surface area (Å²) in [7, 11) is 2.10. The number of ketones is 1. The number of hydrogen-bond acceptors (Lipinski definition) is 3. The van der Waals surface area contributed by atoms with Crippen LogP contribution in [0.15, 0.2) is 18.2 Å². The van der Waals surface area contributed by atoms with Crippen molar-refractivity contribution < 1.29 is 4.79 Å². The number of rotatable bonds is 0. The number of likely N-dealkylation sites (N-methyl/N-ethyl adjacent to an activating group) is 1. The summed E-state index contributed by atoms with van der Waals surface area (Å²) >= 11 is 6.37. The van der Waals surface area contributed by atoms with Crippen LogP contribution in [0.5, 0.6) is 0 Å². The van der Waals surface area contributed by atoms with Crippen LogP contribution >= 0.6 is 11.6 Å². The van der Waals surface area contributed by atoms with Crippen molar-refractivity contribution >= 4 is 33.8 Å². The van der Waals surface area contributed by atoms with Crippen molar-refractivity contribution in [1.82, 2.24) is 0 Å². The molecule has 0 amide bonds. The van der Waals surface area contributed by atoms with E-state index in [0.717, 1.165) is 11.3 Å². The molecule has 0 aromatic heterocycles. The average Bonchev–Trinajstić information content (AvgIpc) is 2.52. The Morgan fingerprint density at radius 3 is 2.84 bits per heavy atom. The molecule has 2 aliphatic heterocycles. The predicted molar refractivity (Wildman–Crippen MR) is 80.0 cm³/mol. The van der Waals surface area contributed by atoms with E-state index in [1.54, 1.807) is 0 Å². The maximum absolute atomic E-state index is 11.6. The number of carbonyl (C=O) groups excluding carboxylic acids is 1. The zero-order valence-electron chi connectivity index (χ0n) is 11.3. The molecule has 2 unspecified atom stereocenters. The fourth-order valence-corrected chi connectivity index (χ4v) is 3.35. The lowest BCUT2D eigenvalue weighted by molar-refractivity contribution is -0.113. The maximum atomic E-state index is 11.6. The number of benzene rings is 1. The standard InChI is InChI=1S/C15H17ClN2O/c1-8-9(2)18(3)13-5-4-12-15(14(8)13)11(16)6-10(19)7-17-12/h4-6,8-9,17H,7H2,1-3H3. The molecular formula is C15H17ClN2O. The summed E-state index contributed by atoms with van der Waals surface area (Å²) in [5, 5.41) is 3.73. The van der Waals surface area contributed by atoms with Crippen molar-refractivity contribution in [3.63, 3.8) is 0 Å². The lowest BCUT2D eigenvalue weighted by Crippen LogP contribution is -2.25. The van der Waals surface area contributed by atoms with Gasteiger partial charge in [-0.3, -0.25) is 4.79 Å². The summed E-state index contributed by atoms with van der Waals surface area (Å²) < 4.78 is 0. The van der Waals surface area contributed by atoms with Gasteiger partial charge in [0.2, 0.25) is 0 Å². The molecular weight excluding hydrogens is 260 g/mol. The predicted octanol–water partition coefficient (Wildman–Crippen LogP) is 3.20. The third-order valence-electron chi connectivity index (χ3n) is 4.37. The Morgan fingerprint density at radius 1 is 1.37 bits per heavy atom. The van der Waals surface area contributed by atoms with Crippen LogP contribution in [0.1, 0.15) is 30.9 Å². The summed E-state index contributed by atoms with van der Waals surface area (Å²) in [5.74, 6) is 0.411. The van der Waals surface area contributed by atoms with Crippen molar-refractivity contribution in [2.24, 2.45) is 0 Å². The Hall–Kier alpha value is -1.48. The number of carbonyl (C=O) groups is 1. The Morgan fingerprint density at radius 2 is 2.11 bits per heavy atom. The second kappa shape index (κ2) is 4.27. The van der Waals surface area contributed by atoms with Crippen molar-refractivity contribution in [3.8, 4) is 0 Å². The van der Waals surface area contributed by atoms with E-state index in [0.29, 0.717) is 23.5 Å². The first kappa shape index (κ1) is 12.5. The highest BCUT2D eigenvalue weighted by Gasteiger charge is 2.34. The molecule has 1 N–H and O–H groups in total. The molecule has 0 aliphatic carbocycles. The minimum absolute atomic E-state index is 0.0157. The normalized spacial score (nSPS) is 25.4. The number of nitrogens with one attached hydrogen (secondary N) is 1. The van der Waals surface area contributed by atoms with Crippen LogP contribution in [0.2, 0.25) is 0 Å². The number of anilines is 2. The summed E-state index contributed by atoms with van der Waals surface area (Å²) in [4.78, 5) is 13.9. The average molecular weight is 277 g/mol. The molecule has 0 bridgehead atoms. The van der Waals surface area contributed by atoms with E-state index in [2.05, 4.69) is 37.2 Å². The van der Waals surface area contributed by atoms with Gasteiger partial charge in [0.25, 0.3) is 0 Å². The van der Waals surface area contributed by atoms with Crippen molar-refractivity contribution in [3.05, 3.63) is 29.3 Å². The summed E-state index contributed by atoms with van der Waals surface area (Å²) in [6.07, 6.45) is 1.54. The highest BCUT2D eigenvalue weighted by molar-refractivity contribution is 6.51. The number of nitrogens with zero attached hydrogens (tertiary/aromatic N) is 1. The summed E-state index contributed by atoms with van der Waals surface area (Å²) in [6, 6.07) is 4.57. The van der Waals surface area contributed by atoms with Gasteiger partial charge in [0, 0.05) is 42.0 Å². The van der Waals surface area contributed by atoms with Crippen LogP contribution in [0, 0.1) is 0 Å².